The summed E-state index contributed by atoms with van der Waals surface area (Å²) in [4.78, 5) is 10.9. The Kier molecular flexibility index (Phi) is 8.37. The molecule has 0 bridgehead atoms. The van der Waals surface area contributed by atoms with Gasteiger partial charge in [0.15, 0.2) is 5.58 Å². The van der Waals surface area contributed by atoms with Crippen LogP contribution >= 0.6 is 0 Å². The van der Waals surface area contributed by atoms with Crippen LogP contribution in [0.2, 0.25) is 0 Å². The van der Waals surface area contributed by atoms with Gasteiger partial charge in [0.2, 0.25) is 0 Å². The van der Waals surface area contributed by atoms with E-state index in [9.17, 15) is 4.79 Å². The molecule has 1 heterocycles. The van der Waals surface area contributed by atoms with Crippen molar-refractivity contribution in [1.29, 1.82) is 0 Å². The molecule has 6 heteroatoms. The lowest BCUT2D eigenvalue weighted by molar-refractivity contribution is -0.136. The minimum Gasteiger partial charge on any atom is -0.494 e. The van der Waals surface area contributed by atoms with Crippen molar-refractivity contribution in [2.75, 3.05) is 13.2 Å². The number of hydrogen-bond donors (Lipinski definition) is 1. The average molecular weight is 454 g/mol. The van der Waals surface area contributed by atoms with E-state index in [2.05, 4.69) is 38.9 Å². The number of ether oxygens (including phenoxy) is 2. The van der Waals surface area contributed by atoms with Crippen LogP contribution in [0.5, 0.6) is 11.5 Å². The number of aryl methyl sites for hydroxylation is 1. The normalized spacial score (nSPS) is 11.6. The Balaban J connectivity index is 1.53. The van der Waals surface area contributed by atoms with Crippen LogP contribution < -0.4 is 9.47 Å². The van der Waals surface area contributed by atoms with Crippen molar-refractivity contribution in [1.82, 2.24) is 5.16 Å². The third-order valence-corrected chi connectivity index (χ3v) is 5.29. The summed E-state index contributed by atoms with van der Waals surface area (Å²) in [6, 6.07) is 11.3. The number of aliphatic carboxylic acids is 1. The molecule has 0 spiro atoms. The van der Waals surface area contributed by atoms with E-state index in [1.165, 1.54) is 0 Å². The van der Waals surface area contributed by atoms with Crippen LogP contribution in [0.1, 0.15) is 63.8 Å². The predicted molar refractivity (Wildman–Crippen MR) is 129 cm³/mol. The molecular formula is C27H35NO5. The van der Waals surface area contributed by atoms with E-state index in [4.69, 9.17) is 19.1 Å². The smallest absolute Gasteiger partial charge is 0.307 e. The lowest BCUT2D eigenvalue weighted by atomic mass is 9.89. The molecule has 6 nitrogen and oxygen atoms in total. The number of fused-ring (bicyclic) bond motifs is 1. The molecule has 0 unspecified atom stereocenters. The van der Waals surface area contributed by atoms with Gasteiger partial charge in [-0.2, -0.15) is 0 Å². The highest BCUT2D eigenvalue weighted by atomic mass is 16.5. The first kappa shape index (κ1) is 24.6. The molecule has 1 N–H and O–H groups in total. The van der Waals surface area contributed by atoms with Crippen LogP contribution in [-0.4, -0.2) is 29.4 Å². The number of carboxylic acid groups (broad SMARTS) is 1. The number of hydrogen-bond acceptors (Lipinski definition) is 5. The fourth-order valence-corrected chi connectivity index (χ4v) is 3.84. The lowest BCUT2D eigenvalue weighted by Gasteiger charge is -2.16. The van der Waals surface area contributed by atoms with Crippen molar-refractivity contribution in [3.05, 3.63) is 53.2 Å². The molecule has 0 aliphatic heterocycles. The van der Waals surface area contributed by atoms with Crippen LogP contribution in [-0.2, 0) is 24.1 Å². The van der Waals surface area contributed by atoms with E-state index in [0.717, 1.165) is 65.6 Å². The average Bonchev–Trinajstić information content (AvgIpc) is 3.13. The maximum Gasteiger partial charge on any atom is 0.307 e. The van der Waals surface area contributed by atoms with Gasteiger partial charge in [0.05, 0.1) is 25.3 Å². The summed E-state index contributed by atoms with van der Waals surface area (Å²) in [5, 5.41) is 14.4. The molecular weight excluding hydrogens is 418 g/mol. The topological polar surface area (TPSA) is 81.8 Å². The zero-order valence-corrected chi connectivity index (χ0v) is 20.1. The number of benzene rings is 2. The van der Waals surface area contributed by atoms with Crippen LogP contribution in [0, 0.1) is 5.41 Å². The maximum atomic E-state index is 10.9. The van der Waals surface area contributed by atoms with Gasteiger partial charge in [-0.25, -0.2) is 0 Å². The molecule has 0 fully saturated rings. The molecule has 2 aromatic carbocycles. The third kappa shape index (κ3) is 7.24. The van der Waals surface area contributed by atoms with E-state index in [1.807, 2.05) is 18.2 Å². The monoisotopic (exact) mass is 453 g/mol. The molecule has 0 saturated heterocycles. The Morgan fingerprint density at radius 3 is 2.55 bits per heavy atom. The Morgan fingerprint density at radius 1 is 1.09 bits per heavy atom. The summed E-state index contributed by atoms with van der Waals surface area (Å²) >= 11 is 0. The molecule has 178 valence electrons. The van der Waals surface area contributed by atoms with Crippen molar-refractivity contribution >= 4 is 16.9 Å². The Hall–Kier alpha value is -3.02. The molecule has 0 saturated carbocycles. The van der Waals surface area contributed by atoms with Gasteiger partial charge in [0.25, 0.3) is 0 Å². The summed E-state index contributed by atoms with van der Waals surface area (Å²) in [6.45, 7) is 9.90. The molecule has 0 amide bonds. The van der Waals surface area contributed by atoms with Crippen molar-refractivity contribution in [2.24, 2.45) is 5.41 Å². The van der Waals surface area contributed by atoms with Crippen LogP contribution in [0.4, 0.5) is 0 Å². The minimum absolute atomic E-state index is 0.00162. The zero-order chi connectivity index (χ0) is 23.8. The van der Waals surface area contributed by atoms with Crippen molar-refractivity contribution in [3.63, 3.8) is 0 Å². The van der Waals surface area contributed by atoms with E-state index in [1.54, 1.807) is 12.1 Å². The largest absolute Gasteiger partial charge is 0.494 e. The van der Waals surface area contributed by atoms with Gasteiger partial charge in [0.1, 0.15) is 11.5 Å². The Labute approximate surface area is 195 Å². The van der Waals surface area contributed by atoms with Gasteiger partial charge in [-0.05, 0) is 60.9 Å². The number of nitrogens with zero attached hydrogens (tertiary/aromatic N) is 1. The predicted octanol–water partition coefficient (Wildman–Crippen LogP) is 6.23. The molecule has 1 aromatic heterocycles. The van der Waals surface area contributed by atoms with Gasteiger partial charge >= 0.3 is 5.97 Å². The van der Waals surface area contributed by atoms with Gasteiger partial charge in [-0.15, -0.1) is 0 Å². The van der Waals surface area contributed by atoms with Crippen LogP contribution in [0.25, 0.3) is 11.0 Å². The van der Waals surface area contributed by atoms with Crippen LogP contribution in [0.3, 0.4) is 0 Å². The highest BCUT2D eigenvalue weighted by Gasteiger charge is 2.20. The van der Waals surface area contributed by atoms with Gasteiger partial charge in [-0.1, -0.05) is 51.4 Å². The molecule has 0 atom stereocenters. The Morgan fingerprint density at radius 2 is 1.85 bits per heavy atom. The summed E-state index contributed by atoms with van der Waals surface area (Å²) in [6.07, 6.45) is 4.44. The van der Waals surface area contributed by atoms with E-state index >= 15 is 0 Å². The minimum atomic E-state index is -0.847. The second-order valence-electron chi connectivity index (χ2n) is 9.66. The third-order valence-electron chi connectivity index (χ3n) is 5.29. The summed E-state index contributed by atoms with van der Waals surface area (Å²) in [5.41, 5.74) is 3.82. The Bertz CT molecular complexity index is 1060. The van der Waals surface area contributed by atoms with Gasteiger partial charge in [0, 0.05) is 10.9 Å². The number of carbonyl (C=O) groups is 1. The summed E-state index contributed by atoms with van der Waals surface area (Å²) in [5.74, 6) is 0.715. The SMILES string of the molecule is CCCc1c(OCCCCOc2cccc(CC(=O)O)c2)ccc2c(CC(C)(C)C)noc12. The molecule has 3 aromatic rings. The van der Waals surface area contributed by atoms with Crippen molar-refractivity contribution in [3.8, 4) is 11.5 Å². The van der Waals surface area contributed by atoms with Crippen molar-refractivity contribution in [2.45, 2.75) is 66.2 Å². The summed E-state index contributed by atoms with van der Waals surface area (Å²) < 4.78 is 17.6. The molecule has 0 radical (unpaired) electrons. The first-order valence-corrected chi connectivity index (χ1v) is 11.7. The van der Waals surface area contributed by atoms with E-state index in [0.29, 0.717) is 19.0 Å². The lowest BCUT2D eigenvalue weighted by Crippen LogP contribution is -2.09. The molecule has 33 heavy (non-hydrogen) atoms. The number of carboxylic acids is 1. The first-order valence-electron chi connectivity index (χ1n) is 11.7. The van der Waals surface area contributed by atoms with E-state index < -0.39 is 5.97 Å². The molecule has 0 aliphatic carbocycles. The molecule has 0 aliphatic rings. The quantitative estimate of drug-likeness (QED) is 0.327. The first-order chi connectivity index (χ1) is 15.8. The standard InChI is InChI=1S/C27H35NO5/c1-5-9-22-24(13-12-21-23(18-27(2,3)4)28-33-26(21)22)32-15-7-6-14-31-20-11-8-10-19(16-20)17-25(29)30/h8,10-13,16H,5-7,9,14-15,17-18H2,1-4H3,(H,29,30). The highest BCUT2D eigenvalue weighted by molar-refractivity contribution is 5.84. The van der Waals surface area contributed by atoms with E-state index in [-0.39, 0.29) is 11.8 Å². The fraction of sp³-hybridized carbons (Fsp3) is 0.481. The highest BCUT2D eigenvalue weighted by Crippen LogP contribution is 2.33. The second-order valence-corrected chi connectivity index (χ2v) is 9.66. The number of unbranched alkanes of at least 4 members (excludes halogenated alkanes) is 1. The maximum absolute atomic E-state index is 10.9. The van der Waals surface area contributed by atoms with Crippen LogP contribution in [0.15, 0.2) is 40.9 Å². The number of aromatic nitrogens is 1. The fourth-order valence-electron chi connectivity index (χ4n) is 3.84. The molecule has 3 rings (SSSR count). The van der Waals surface area contributed by atoms with Gasteiger partial charge < -0.3 is 19.1 Å². The zero-order valence-electron chi connectivity index (χ0n) is 20.1. The summed E-state index contributed by atoms with van der Waals surface area (Å²) in [7, 11) is 0. The van der Waals surface area contributed by atoms with Crippen molar-refractivity contribution < 1.29 is 23.9 Å². The van der Waals surface area contributed by atoms with Gasteiger partial charge in [-0.3, -0.25) is 4.79 Å². The second kappa shape index (κ2) is 11.2. The number of rotatable bonds is 12.